The molecule has 0 aliphatic carbocycles. The molecule has 0 saturated carbocycles. The Morgan fingerprint density at radius 2 is 2.25 bits per heavy atom. The SMILES string of the molecule is CCNCCc1cn(CC)c2ccnc(OC(C)=O)c12. The third-order valence-corrected chi connectivity index (χ3v) is 3.24. The minimum Gasteiger partial charge on any atom is -0.407 e. The van der Waals surface area contributed by atoms with Crippen LogP contribution in [0.15, 0.2) is 18.5 Å². The van der Waals surface area contributed by atoms with Gasteiger partial charge in [0, 0.05) is 25.9 Å². The molecule has 0 aliphatic heterocycles. The first-order valence-electron chi connectivity index (χ1n) is 7.03. The first-order chi connectivity index (χ1) is 9.67. The molecule has 0 atom stereocenters. The van der Waals surface area contributed by atoms with E-state index in [-0.39, 0.29) is 5.97 Å². The standard InChI is InChI=1S/C15H21N3O2/c1-4-16-8-6-12-10-18(5-2)13-7-9-17-15(14(12)13)20-11(3)19/h7,9-10,16H,4-6,8H2,1-3H3. The van der Waals surface area contributed by atoms with Crippen molar-refractivity contribution in [3.05, 3.63) is 24.0 Å². The Bertz CT molecular complexity index is 604. The highest BCUT2D eigenvalue weighted by atomic mass is 16.5. The third-order valence-electron chi connectivity index (χ3n) is 3.24. The van der Waals surface area contributed by atoms with Crippen LogP contribution in [0, 0.1) is 0 Å². The molecular weight excluding hydrogens is 254 g/mol. The van der Waals surface area contributed by atoms with Crippen molar-refractivity contribution in [2.24, 2.45) is 0 Å². The second kappa shape index (κ2) is 6.52. The number of hydrogen-bond donors (Lipinski definition) is 1. The van der Waals surface area contributed by atoms with Crippen LogP contribution in [0.4, 0.5) is 0 Å². The van der Waals surface area contributed by atoms with E-state index >= 15 is 0 Å². The number of carbonyl (C=O) groups excluding carboxylic acids is 1. The molecule has 0 unspecified atom stereocenters. The van der Waals surface area contributed by atoms with Crippen LogP contribution in [0.25, 0.3) is 10.9 Å². The van der Waals surface area contributed by atoms with Crippen LogP contribution in [0.1, 0.15) is 26.3 Å². The molecule has 0 aliphatic rings. The van der Waals surface area contributed by atoms with Crippen LogP contribution in [0.5, 0.6) is 5.88 Å². The maximum Gasteiger partial charge on any atom is 0.309 e. The first kappa shape index (κ1) is 14.5. The molecule has 0 aromatic carbocycles. The number of hydrogen-bond acceptors (Lipinski definition) is 4. The molecule has 0 bridgehead atoms. The number of rotatable bonds is 6. The van der Waals surface area contributed by atoms with Crippen LogP contribution < -0.4 is 10.1 Å². The molecule has 0 amide bonds. The average molecular weight is 275 g/mol. The second-order valence-corrected chi connectivity index (χ2v) is 4.65. The Labute approximate surface area is 118 Å². The summed E-state index contributed by atoms with van der Waals surface area (Å²) < 4.78 is 7.41. The number of esters is 1. The number of aryl methyl sites for hydroxylation is 1. The van der Waals surface area contributed by atoms with Gasteiger partial charge >= 0.3 is 5.97 Å². The topological polar surface area (TPSA) is 56.1 Å². The van der Waals surface area contributed by atoms with Crippen molar-refractivity contribution in [1.29, 1.82) is 0 Å². The van der Waals surface area contributed by atoms with Crippen LogP contribution >= 0.6 is 0 Å². The lowest BCUT2D eigenvalue weighted by Gasteiger charge is -2.05. The molecule has 0 saturated heterocycles. The molecule has 2 aromatic heterocycles. The van der Waals surface area contributed by atoms with Gasteiger partial charge in [0.1, 0.15) is 0 Å². The lowest BCUT2D eigenvalue weighted by molar-refractivity contribution is -0.132. The summed E-state index contributed by atoms with van der Waals surface area (Å²) in [5, 5.41) is 4.26. The zero-order valence-electron chi connectivity index (χ0n) is 12.3. The Hall–Kier alpha value is -1.88. The van der Waals surface area contributed by atoms with Crippen LogP contribution in [-0.2, 0) is 17.8 Å². The van der Waals surface area contributed by atoms with Gasteiger partial charge in [-0.15, -0.1) is 0 Å². The predicted molar refractivity (Wildman–Crippen MR) is 79.0 cm³/mol. The van der Waals surface area contributed by atoms with E-state index in [1.54, 1.807) is 6.20 Å². The molecule has 0 fully saturated rings. The molecule has 5 heteroatoms. The summed E-state index contributed by atoms with van der Waals surface area (Å²) in [6.45, 7) is 8.30. The van der Waals surface area contributed by atoms with Crippen molar-refractivity contribution in [3.8, 4) is 5.88 Å². The first-order valence-corrected chi connectivity index (χ1v) is 7.03. The molecule has 5 nitrogen and oxygen atoms in total. The van der Waals surface area contributed by atoms with Gasteiger partial charge in [-0.25, -0.2) is 4.98 Å². The summed E-state index contributed by atoms with van der Waals surface area (Å²) in [5.41, 5.74) is 2.22. The number of ether oxygens (including phenoxy) is 1. The van der Waals surface area contributed by atoms with Gasteiger partial charge in [-0.1, -0.05) is 6.92 Å². The summed E-state index contributed by atoms with van der Waals surface area (Å²) in [5.74, 6) is 0.0700. The van der Waals surface area contributed by atoms with Crippen molar-refractivity contribution < 1.29 is 9.53 Å². The van der Waals surface area contributed by atoms with E-state index in [1.807, 2.05) is 6.07 Å². The molecule has 1 N–H and O–H groups in total. The van der Waals surface area contributed by atoms with Crippen LogP contribution in [-0.4, -0.2) is 28.6 Å². The number of carbonyl (C=O) groups is 1. The van der Waals surface area contributed by atoms with Gasteiger partial charge in [-0.3, -0.25) is 4.79 Å². The van der Waals surface area contributed by atoms with E-state index in [1.165, 1.54) is 6.92 Å². The lowest BCUT2D eigenvalue weighted by atomic mass is 10.1. The molecule has 2 aromatic rings. The smallest absolute Gasteiger partial charge is 0.309 e. The van der Waals surface area contributed by atoms with E-state index in [4.69, 9.17) is 4.74 Å². The Morgan fingerprint density at radius 1 is 1.45 bits per heavy atom. The van der Waals surface area contributed by atoms with Crippen molar-refractivity contribution in [2.75, 3.05) is 13.1 Å². The van der Waals surface area contributed by atoms with E-state index in [0.29, 0.717) is 5.88 Å². The summed E-state index contributed by atoms with van der Waals surface area (Å²) in [6, 6.07) is 1.96. The summed E-state index contributed by atoms with van der Waals surface area (Å²) in [6.07, 6.45) is 4.69. The maximum absolute atomic E-state index is 11.2. The number of nitrogens with one attached hydrogen (secondary N) is 1. The summed E-state index contributed by atoms with van der Waals surface area (Å²) in [4.78, 5) is 15.4. The maximum atomic E-state index is 11.2. The van der Waals surface area contributed by atoms with Gasteiger partial charge in [0.15, 0.2) is 0 Å². The van der Waals surface area contributed by atoms with Gasteiger partial charge in [-0.05, 0) is 38.1 Å². The summed E-state index contributed by atoms with van der Waals surface area (Å²) >= 11 is 0. The lowest BCUT2D eigenvalue weighted by Crippen LogP contribution is -2.16. The number of pyridine rings is 1. The molecule has 20 heavy (non-hydrogen) atoms. The fraction of sp³-hybridized carbons (Fsp3) is 0.467. The Balaban J connectivity index is 2.46. The van der Waals surface area contributed by atoms with Crippen LogP contribution in [0.2, 0.25) is 0 Å². The molecular formula is C15H21N3O2. The fourth-order valence-electron chi connectivity index (χ4n) is 2.36. The molecule has 2 rings (SSSR count). The number of likely N-dealkylation sites (N-methyl/N-ethyl adjacent to an activating group) is 1. The molecule has 2 heterocycles. The molecule has 108 valence electrons. The minimum atomic E-state index is -0.341. The van der Waals surface area contributed by atoms with E-state index in [0.717, 1.165) is 42.5 Å². The zero-order chi connectivity index (χ0) is 14.5. The van der Waals surface area contributed by atoms with Gasteiger partial charge in [0.2, 0.25) is 5.88 Å². The minimum absolute atomic E-state index is 0.341. The Morgan fingerprint density at radius 3 is 2.90 bits per heavy atom. The van der Waals surface area contributed by atoms with Gasteiger partial charge in [0.05, 0.1) is 10.9 Å². The fourth-order valence-corrected chi connectivity index (χ4v) is 2.36. The van der Waals surface area contributed by atoms with Crippen molar-refractivity contribution >= 4 is 16.9 Å². The van der Waals surface area contributed by atoms with E-state index in [2.05, 4.69) is 34.9 Å². The molecule has 0 radical (unpaired) electrons. The quantitative estimate of drug-likeness (QED) is 0.648. The van der Waals surface area contributed by atoms with Gasteiger partial charge in [0.25, 0.3) is 0 Å². The van der Waals surface area contributed by atoms with Gasteiger partial charge < -0.3 is 14.6 Å². The zero-order valence-corrected chi connectivity index (χ0v) is 12.3. The third kappa shape index (κ3) is 2.99. The van der Waals surface area contributed by atoms with E-state index < -0.39 is 0 Å². The highest BCUT2D eigenvalue weighted by molar-refractivity contribution is 5.90. The highest BCUT2D eigenvalue weighted by Gasteiger charge is 2.14. The second-order valence-electron chi connectivity index (χ2n) is 4.65. The molecule has 0 spiro atoms. The Kier molecular flexibility index (Phi) is 4.74. The van der Waals surface area contributed by atoms with E-state index in [9.17, 15) is 4.79 Å². The van der Waals surface area contributed by atoms with Crippen molar-refractivity contribution in [2.45, 2.75) is 33.7 Å². The number of nitrogens with zero attached hydrogens (tertiary/aromatic N) is 2. The monoisotopic (exact) mass is 275 g/mol. The normalized spacial score (nSPS) is 10.9. The number of fused-ring (bicyclic) bond motifs is 1. The van der Waals surface area contributed by atoms with Crippen LogP contribution in [0.3, 0.4) is 0 Å². The van der Waals surface area contributed by atoms with Crippen molar-refractivity contribution in [3.63, 3.8) is 0 Å². The average Bonchev–Trinajstić information content (AvgIpc) is 2.78. The summed E-state index contributed by atoms with van der Waals surface area (Å²) in [7, 11) is 0. The van der Waals surface area contributed by atoms with Crippen molar-refractivity contribution in [1.82, 2.24) is 14.9 Å². The largest absolute Gasteiger partial charge is 0.407 e. The highest BCUT2D eigenvalue weighted by Crippen LogP contribution is 2.29. The van der Waals surface area contributed by atoms with Gasteiger partial charge in [-0.2, -0.15) is 0 Å². The predicted octanol–water partition coefficient (Wildman–Crippen LogP) is 2.13. The number of aromatic nitrogens is 2.